The van der Waals surface area contributed by atoms with E-state index in [0.29, 0.717) is 18.8 Å². The van der Waals surface area contributed by atoms with Crippen LogP contribution >= 0.6 is 12.2 Å². The van der Waals surface area contributed by atoms with Gasteiger partial charge in [0.1, 0.15) is 0 Å². The van der Waals surface area contributed by atoms with Gasteiger partial charge in [0.05, 0.1) is 10.8 Å². The monoisotopic (exact) mass is 136 g/mol. The second kappa shape index (κ2) is 2.04. The maximum absolute atomic E-state index is 8.62. The van der Waals surface area contributed by atoms with Crippen LogP contribution in [-0.2, 0) is 4.18 Å². The second-order valence-electron chi connectivity index (χ2n) is 1.33. The zero-order valence-corrected chi connectivity index (χ0v) is 4.84. The summed E-state index contributed by atoms with van der Waals surface area (Å²) in [5, 5.41) is 17.2. The van der Waals surface area contributed by atoms with E-state index in [2.05, 4.69) is 4.18 Å². The summed E-state index contributed by atoms with van der Waals surface area (Å²) in [6.45, 7) is 0.422. The van der Waals surface area contributed by atoms with Crippen LogP contribution < -0.4 is 0 Å². The molecule has 1 rings (SSSR count). The number of hydroxylamine groups is 2. The van der Waals surface area contributed by atoms with Crippen molar-refractivity contribution in [2.24, 2.45) is 0 Å². The van der Waals surface area contributed by atoms with Gasteiger partial charge in [-0.1, -0.05) is 0 Å². The molecule has 0 atom stereocenters. The van der Waals surface area contributed by atoms with Gasteiger partial charge in [0.15, 0.2) is 6.20 Å². The molecule has 0 unspecified atom stereocenters. The summed E-state index contributed by atoms with van der Waals surface area (Å²) in [6.07, 6.45) is 2.74. The Morgan fingerprint density at radius 2 is 2.38 bits per heavy atom. The van der Waals surface area contributed by atoms with Crippen molar-refractivity contribution in [2.45, 2.75) is 0 Å². The van der Waals surface area contributed by atoms with Crippen LogP contribution in [0, 0.1) is 0 Å². The zero-order chi connectivity index (χ0) is 6.04. The zero-order valence-electron chi connectivity index (χ0n) is 4.02. The second-order valence-corrected chi connectivity index (χ2v) is 2.26. The summed E-state index contributed by atoms with van der Waals surface area (Å²) >= 11 is 0.582. The third-order valence-electron chi connectivity index (χ3n) is 0.626. The van der Waals surface area contributed by atoms with E-state index in [0.717, 1.165) is 0 Å². The molecule has 0 aliphatic carbocycles. The molecule has 4 nitrogen and oxygen atoms in total. The summed E-state index contributed by atoms with van der Waals surface area (Å²) in [6, 6.07) is 0. The fraction of sp³-hybridized carbons (Fsp3) is 0.333. The van der Waals surface area contributed by atoms with Crippen LogP contribution in [0.1, 0.15) is 0 Å². The van der Waals surface area contributed by atoms with Gasteiger partial charge in [0, 0.05) is 6.08 Å². The van der Waals surface area contributed by atoms with E-state index < -0.39 is 4.21 Å². The predicted octanol–water partition coefficient (Wildman–Crippen LogP) is 0.689. The fourth-order valence-corrected chi connectivity index (χ4v) is 0.783. The van der Waals surface area contributed by atoms with Crippen LogP contribution in [-0.4, -0.2) is 21.2 Å². The number of rotatable bonds is 0. The Bertz CT molecular complexity index is 113. The Kier molecular flexibility index (Phi) is 1.54. The Balaban J connectivity index is 2.56. The van der Waals surface area contributed by atoms with Crippen molar-refractivity contribution in [1.82, 2.24) is 0 Å². The molecule has 0 aromatic heterocycles. The molecule has 5 heteroatoms. The average molecular weight is 136 g/mol. The van der Waals surface area contributed by atoms with E-state index >= 15 is 0 Å². The highest BCUT2D eigenvalue weighted by atomic mass is 32.2. The van der Waals surface area contributed by atoms with Gasteiger partial charge >= 0.3 is 12.2 Å². The number of nitrogens with zero attached hydrogens (tertiary/aromatic N) is 1. The SMILES string of the molecule is O[N+]1(O)C=CCOS1. The quantitative estimate of drug-likeness (QED) is 0.292. The van der Waals surface area contributed by atoms with Gasteiger partial charge in [-0.05, 0) is 0 Å². The third-order valence-corrected chi connectivity index (χ3v) is 1.21. The summed E-state index contributed by atoms with van der Waals surface area (Å²) in [5.41, 5.74) is 0. The molecule has 0 amide bonds. The highest BCUT2D eigenvalue weighted by Crippen LogP contribution is 2.20. The first kappa shape index (κ1) is 6.06. The van der Waals surface area contributed by atoms with Crippen molar-refractivity contribution in [3.8, 4) is 0 Å². The van der Waals surface area contributed by atoms with Gasteiger partial charge in [-0.25, -0.2) is 0 Å². The maximum atomic E-state index is 8.62. The molecule has 0 saturated carbocycles. The summed E-state index contributed by atoms with van der Waals surface area (Å²) < 4.78 is 3.35. The molecular weight excluding hydrogens is 130 g/mol. The highest BCUT2D eigenvalue weighted by Gasteiger charge is 2.25. The van der Waals surface area contributed by atoms with E-state index in [9.17, 15) is 0 Å². The van der Waals surface area contributed by atoms with Crippen molar-refractivity contribution < 1.29 is 18.8 Å². The largest absolute Gasteiger partial charge is 0.328 e. The molecule has 0 fully saturated rings. The minimum absolute atomic E-state index is 0.422. The maximum Gasteiger partial charge on any atom is 0.328 e. The molecule has 0 saturated heterocycles. The molecule has 0 bridgehead atoms. The van der Waals surface area contributed by atoms with Gasteiger partial charge in [-0.2, -0.15) is 10.4 Å². The van der Waals surface area contributed by atoms with Crippen LogP contribution in [0.25, 0.3) is 0 Å². The van der Waals surface area contributed by atoms with Gasteiger partial charge in [-0.3, -0.25) is 4.18 Å². The summed E-state index contributed by atoms with van der Waals surface area (Å²) in [5.74, 6) is 0. The van der Waals surface area contributed by atoms with E-state index in [1.807, 2.05) is 0 Å². The molecule has 0 aromatic rings. The first-order valence-corrected chi connectivity index (χ1v) is 2.74. The minimum Gasteiger partial charge on any atom is -0.257 e. The Hall–Kier alpha value is -0.0700. The number of hydrogen-bond donors (Lipinski definition) is 2. The van der Waals surface area contributed by atoms with Crippen LogP contribution in [0.4, 0.5) is 0 Å². The molecule has 2 N–H and O–H groups in total. The lowest BCUT2D eigenvalue weighted by atomic mass is 10.7. The number of hydrogen-bond acceptors (Lipinski definition) is 4. The lowest BCUT2D eigenvalue weighted by Crippen LogP contribution is -2.28. The Morgan fingerprint density at radius 3 is 2.62 bits per heavy atom. The molecular formula is C3H6NO3S+. The smallest absolute Gasteiger partial charge is 0.257 e. The molecule has 46 valence electrons. The normalized spacial score (nSPS) is 25.8. The first-order valence-electron chi connectivity index (χ1n) is 2.04. The Labute approximate surface area is 50.8 Å². The molecule has 0 spiro atoms. The molecule has 0 radical (unpaired) electrons. The first-order chi connectivity index (χ1) is 3.71. The topological polar surface area (TPSA) is 49.7 Å². The fourth-order valence-electron chi connectivity index (χ4n) is 0.352. The van der Waals surface area contributed by atoms with E-state index in [4.69, 9.17) is 10.4 Å². The third kappa shape index (κ3) is 1.46. The summed E-state index contributed by atoms with van der Waals surface area (Å²) in [4.78, 5) is 0. The molecule has 8 heavy (non-hydrogen) atoms. The van der Waals surface area contributed by atoms with Gasteiger partial charge in [0.2, 0.25) is 0 Å². The number of quaternary nitrogens is 1. The lowest BCUT2D eigenvalue weighted by Gasteiger charge is -2.13. The Morgan fingerprint density at radius 1 is 1.62 bits per heavy atom. The van der Waals surface area contributed by atoms with E-state index in [-0.39, 0.29) is 0 Å². The van der Waals surface area contributed by atoms with E-state index in [1.54, 1.807) is 0 Å². The van der Waals surface area contributed by atoms with Crippen LogP contribution in [0.15, 0.2) is 12.3 Å². The highest BCUT2D eigenvalue weighted by molar-refractivity contribution is 7.88. The lowest BCUT2D eigenvalue weighted by molar-refractivity contribution is -1.11. The average Bonchev–Trinajstić information content (AvgIpc) is 1.65. The minimum atomic E-state index is -1.24. The van der Waals surface area contributed by atoms with Gasteiger partial charge in [0.25, 0.3) is 0 Å². The molecule has 1 heterocycles. The molecule has 1 aliphatic rings. The van der Waals surface area contributed by atoms with Gasteiger partial charge < -0.3 is 0 Å². The predicted molar refractivity (Wildman–Crippen MR) is 26.5 cm³/mol. The van der Waals surface area contributed by atoms with Crippen LogP contribution in [0.3, 0.4) is 0 Å². The van der Waals surface area contributed by atoms with Crippen molar-refractivity contribution in [3.63, 3.8) is 0 Å². The summed E-state index contributed by atoms with van der Waals surface area (Å²) in [7, 11) is 0. The van der Waals surface area contributed by atoms with Gasteiger partial charge in [-0.15, -0.1) is 0 Å². The van der Waals surface area contributed by atoms with Crippen LogP contribution in [0.2, 0.25) is 0 Å². The van der Waals surface area contributed by atoms with Crippen molar-refractivity contribution in [2.75, 3.05) is 6.61 Å². The molecule has 0 aromatic carbocycles. The van der Waals surface area contributed by atoms with Crippen molar-refractivity contribution >= 4 is 12.2 Å². The van der Waals surface area contributed by atoms with Crippen molar-refractivity contribution in [3.05, 3.63) is 12.3 Å². The molecule has 1 aliphatic heterocycles. The van der Waals surface area contributed by atoms with E-state index in [1.165, 1.54) is 12.3 Å². The standard InChI is InChI=1S/C3H6NO3S/c5-4(6)2-1-3-7-8-4/h1-2,5-6H,3H2/q+1. The van der Waals surface area contributed by atoms with Crippen molar-refractivity contribution in [1.29, 1.82) is 0 Å². The van der Waals surface area contributed by atoms with Crippen LogP contribution in [0.5, 0.6) is 0 Å².